The van der Waals surface area contributed by atoms with Crippen molar-refractivity contribution in [3.8, 4) is 0 Å². The zero-order valence-electron chi connectivity index (χ0n) is 11.0. The van der Waals surface area contributed by atoms with Crippen molar-refractivity contribution in [2.75, 3.05) is 7.11 Å². The summed E-state index contributed by atoms with van der Waals surface area (Å²) in [5.41, 5.74) is -3.52. The molecule has 0 aliphatic carbocycles. The van der Waals surface area contributed by atoms with Crippen molar-refractivity contribution in [1.82, 2.24) is 5.32 Å². The number of carbonyl (C=O) groups is 1. The molecule has 3 nitrogen and oxygen atoms in total. The lowest BCUT2D eigenvalue weighted by molar-refractivity contribution is -0.135. The first-order valence-corrected chi connectivity index (χ1v) is 6.48. The molecular weight excluding hydrogens is 291 g/mol. The average Bonchev–Trinajstić information content (AvgIpc) is 2.41. The van der Waals surface area contributed by atoms with Crippen LogP contribution in [-0.2, 0) is 16.1 Å². The van der Waals surface area contributed by atoms with Gasteiger partial charge in [-0.2, -0.15) is 13.2 Å². The standard InChI is InChI=1S/C13H14F3NO2S/c1-9(17-8-10-6-4-3-5-7-10)11(12(18)19-2)20-13(14,15)16/h3-7,17H,8H2,1-2H3/b11-9+. The topological polar surface area (TPSA) is 38.3 Å². The molecule has 1 aromatic carbocycles. The Kier molecular flexibility index (Phi) is 5.94. The van der Waals surface area contributed by atoms with E-state index in [4.69, 9.17) is 0 Å². The molecule has 0 amide bonds. The molecule has 0 aliphatic heterocycles. The number of thioether (sulfide) groups is 1. The minimum atomic E-state index is -4.54. The molecule has 0 spiro atoms. The summed E-state index contributed by atoms with van der Waals surface area (Å²) in [5, 5.41) is 2.79. The number of carbonyl (C=O) groups excluding carboxylic acids is 1. The molecule has 0 unspecified atom stereocenters. The number of alkyl halides is 3. The second kappa shape index (κ2) is 7.23. The molecule has 0 aromatic heterocycles. The van der Waals surface area contributed by atoms with Gasteiger partial charge in [0, 0.05) is 12.2 Å². The number of esters is 1. The van der Waals surface area contributed by atoms with E-state index < -0.39 is 28.1 Å². The number of methoxy groups -OCH3 is 1. The quantitative estimate of drug-likeness (QED) is 0.668. The summed E-state index contributed by atoms with van der Waals surface area (Å²) < 4.78 is 41.6. The molecule has 0 atom stereocenters. The van der Waals surface area contributed by atoms with Gasteiger partial charge in [0.2, 0.25) is 0 Å². The van der Waals surface area contributed by atoms with Gasteiger partial charge in [0.1, 0.15) is 4.91 Å². The Morgan fingerprint density at radius 3 is 2.40 bits per heavy atom. The maximum absolute atomic E-state index is 12.4. The van der Waals surface area contributed by atoms with Crippen LogP contribution in [0.3, 0.4) is 0 Å². The van der Waals surface area contributed by atoms with Crippen LogP contribution >= 0.6 is 11.8 Å². The molecule has 0 heterocycles. The van der Waals surface area contributed by atoms with Gasteiger partial charge in [0.15, 0.2) is 0 Å². The van der Waals surface area contributed by atoms with E-state index in [1.54, 1.807) is 0 Å². The third-order valence-electron chi connectivity index (χ3n) is 2.33. The van der Waals surface area contributed by atoms with Gasteiger partial charge in [0.25, 0.3) is 0 Å². The third-order valence-corrected chi connectivity index (χ3v) is 3.24. The van der Waals surface area contributed by atoms with Gasteiger partial charge < -0.3 is 10.1 Å². The molecule has 1 aromatic rings. The van der Waals surface area contributed by atoms with Crippen molar-refractivity contribution in [3.63, 3.8) is 0 Å². The largest absolute Gasteiger partial charge is 0.465 e. The maximum Gasteiger partial charge on any atom is 0.446 e. The molecule has 20 heavy (non-hydrogen) atoms. The van der Waals surface area contributed by atoms with E-state index in [-0.39, 0.29) is 5.70 Å². The molecule has 0 radical (unpaired) electrons. The first-order chi connectivity index (χ1) is 9.33. The summed E-state index contributed by atoms with van der Waals surface area (Å²) in [5.74, 6) is -1.01. The summed E-state index contributed by atoms with van der Waals surface area (Å²) >= 11 is -0.480. The zero-order chi connectivity index (χ0) is 15.2. The number of hydrogen-bond acceptors (Lipinski definition) is 4. The molecule has 7 heteroatoms. The Hall–Kier alpha value is -1.63. The average molecular weight is 305 g/mol. The summed E-state index contributed by atoms with van der Waals surface area (Å²) in [7, 11) is 1.05. The maximum atomic E-state index is 12.4. The summed E-state index contributed by atoms with van der Waals surface area (Å²) in [4.78, 5) is 10.9. The Balaban J connectivity index is 2.83. The fraction of sp³-hybridized carbons (Fsp3) is 0.308. The second-order valence-corrected chi connectivity index (χ2v) is 4.91. The Bertz CT molecular complexity index is 486. The molecule has 1 N–H and O–H groups in total. The monoisotopic (exact) mass is 305 g/mol. The van der Waals surface area contributed by atoms with Crippen molar-refractivity contribution >= 4 is 17.7 Å². The van der Waals surface area contributed by atoms with Crippen molar-refractivity contribution in [3.05, 3.63) is 46.5 Å². The fourth-order valence-electron chi connectivity index (χ4n) is 1.39. The molecule has 110 valence electrons. The summed E-state index contributed by atoms with van der Waals surface area (Å²) in [6, 6.07) is 9.14. The minimum Gasteiger partial charge on any atom is -0.465 e. The van der Waals surface area contributed by atoms with E-state index in [1.165, 1.54) is 6.92 Å². The number of halogens is 3. The van der Waals surface area contributed by atoms with Crippen molar-refractivity contribution < 1.29 is 22.7 Å². The zero-order valence-corrected chi connectivity index (χ0v) is 11.8. The Labute approximate surface area is 119 Å². The van der Waals surface area contributed by atoms with E-state index >= 15 is 0 Å². The molecule has 0 saturated heterocycles. The van der Waals surface area contributed by atoms with Gasteiger partial charge in [-0.15, -0.1) is 0 Å². The normalized spacial score (nSPS) is 12.7. The molecule has 0 fully saturated rings. The van der Waals surface area contributed by atoms with E-state index in [0.29, 0.717) is 6.54 Å². The van der Waals surface area contributed by atoms with Gasteiger partial charge >= 0.3 is 11.5 Å². The highest BCUT2D eigenvalue weighted by atomic mass is 32.2. The van der Waals surface area contributed by atoms with Crippen LogP contribution in [0.2, 0.25) is 0 Å². The van der Waals surface area contributed by atoms with E-state index in [2.05, 4.69) is 10.1 Å². The molecule has 1 rings (SSSR count). The van der Waals surface area contributed by atoms with Gasteiger partial charge in [0.05, 0.1) is 7.11 Å². The van der Waals surface area contributed by atoms with Crippen molar-refractivity contribution in [2.45, 2.75) is 19.0 Å². The SMILES string of the molecule is COC(=O)/C(SC(F)(F)F)=C(/C)NCc1ccccc1. The second-order valence-electron chi connectivity index (χ2n) is 3.83. The highest BCUT2D eigenvalue weighted by molar-refractivity contribution is 8.04. The Morgan fingerprint density at radius 1 is 1.30 bits per heavy atom. The van der Waals surface area contributed by atoms with Crippen LogP contribution < -0.4 is 5.32 Å². The van der Waals surface area contributed by atoms with Gasteiger partial charge in [-0.3, -0.25) is 0 Å². The van der Waals surface area contributed by atoms with Crippen molar-refractivity contribution in [1.29, 1.82) is 0 Å². The predicted molar refractivity (Wildman–Crippen MR) is 71.6 cm³/mol. The number of benzene rings is 1. The lowest BCUT2D eigenvalue weighted by atomic mass is 10.2. The number of nitrogens with one attached hydrogen (secondary N) is 1. The van der Waals surface area contributed by atoms with Crippen LogP contribution in [0.15, 0.2) is 40.9 Å². The van der Waals surface area contributed by atoms with Gasteiger partial charge in [-0.25, -0.2) is 4.79 Å². The van der Waals surface area contributed by atoms with Crippen LogP contribution in [0.5, 0.6) is 0 Å². The molecule has 0 aliphatic rings. The van der Waals surface area contributed by atoms with Crippen LogP contribution in [0.4, 0.5) is 13.2 Å². The minimum absolute atomic E-state index is 0.128. The predicted octanol–water partition coefficient (Wildman–Crippen LogP) is 3.43. The van der Waals surface area contributed by atoms with Crippen LogP contribution in [-0.4, -0.2) is 18.6 Å². The highest BCUT2D eigenvalue weighted by Crippen LogP contribution is 2.37. The van der Waals surface area contributed by atoms with Crippen LogP contribution in [0.1, 0.15) is 12.5 Å². The smallest absolute Gasteiger partial charge is 0.446 e. The third kappa shape index (κ3) is 5.56. The molecule has 0 saturated carbocycles. The fourth-order valence-corrected chi connectivity index (χ4v) is 2.01. The number of ether oxygens (including phenoxy) is 1. The van der Waals surface area contributed by atoms with Gasteiger partial charge in [-0.05, 0) is 24.2 Å². The first kappa shape index (κ1) is 16.4. The number of hydrogen-bond donors (Lipinski definition) is 1. The van der Waals surface area contributed by atoms with Crippen LogP contribution in [0.25, 0.3) is 0 Å². The Morgan fingerprint density at radius 2 is 1.90 bits per heavy atom. The lowest BCUT2D eigenvalue weighted by Gasteiger charge is -2.13. The number of allylic oxidation sites excluding steroid dienone is 1. The van der Waals surface area contributed by atoms with Crippen LogP contribution in [0, 0.1) is 0 Å². The molecule has 0 bridgehead atoms. The molecular formula is C13H14F3NO2S. The van der Waals surface area contributed by atoms with Crippen molar-refractivity contribution in [2.24, 2.45) is 0 Å². The highest BCUT2D eigenvalue weighted by Gasteiger charge is 2.34. The van der Waals surface area contributed by atoms with E-state index in [9.17, 15) is 18.0 Å². The van der Waals surface area contributed by atoms with E-state index in [1.807, 2.05) is 30.3 Å². The first-order valence-electron chi connectivity index (χ1n) is 5.66. The lowest BCUT2D eigenvalue weighted by Crippen LogP contribution is -2.18. The summed E-state index contributed by atoms with van der Waals surface area (Å²) in [6.07, 6.45) is 0. The number of rotatable bonds is 5. The van der Waals surface area contributed by atoms with E-state index in [0.717, 1.165) is 12.7 Å². The summed E-state index contributed by atoms with van der Waals surface area (Å²) in [6.45, 7) is 1.74. The van der Waals surface area contributed by atoms with Gasteiger partial charge in [-0.1, -0.05) is 30.3 Å².